The lowest BCUT2D eigenvalue weighted by Gasteiger charge is -2.32. The molecule has 1 N–H and O–H groups in total. The van der Waals surface area contributed by atoms with Crippen LogP contribution in [-0.2, 0) is 4.79 Å². The van der Waals surface area contributed by atoms with Crippen LogP contribution < -0.4 is 10.2 Å². The first kappa shape index (κ1) is 22.4. The van der Waals surface area contributed by atoms with Gasteiger partial charge in [0, 0.05) is 19.0 Å². The van der Waals surface area contributed by atoms with E-state index in [0.717, 1.165) is 54.6 Å². The van der Waals surface area contributed by atoms with Gasteiger partial charge in [0.05, 0.1) is 10.3 Å². The zero-order valence-electron chi connectivity index (χ0n) is 17.9. The van der Waals surface area contributed by atoms with Gasteiger partial charge in [0.1, 0.15) is 21.5 Å². The van der Waals surface area contributed by atoms with E-state index >= 15 is 0 Å². The molecule has 0 bridgehead atoms. The molecular formula is C21H26ClN5O2S. The summed E-state index contributed by atoms with van der Waals surface area (Å²) >= 11 is 7.49. The maximum absolute atomic E-state index is 12.6. The van der Waals surface area contributed by atoms with Crippen molar-refractivity contribution in [2.45, 2.75) is 53.4 Å². The van der Waals surface area contributed by atoms with E-state index in [9.17, 15) is 9.59 Å². The molecular weight excluding hydrogens is 422 g/mol. The smallest absolute Gasteiger partial charge is 0.272 e. The number of allylic oxidation sites excluding steroid dienone is 1. The Morgan fingerprint density at radius 2 is 2.10 bits per heavy atom. The van der Waals surface area contributed by atoms with Crippen LogP contribution in [0.5, 0.6) is 0 Å². The summed E-state index contributed by atoms with van der Waals surface area (Å²) in [5, 5.41) is 3.97. The highest BCUT2D eigenvalue weighted by molar-refractivity contribution is 7.20. The summed E-state index contributed by atoms with van der Waals surface area (Å²) in [5.74, 6) is 0.767. The lowest BCUT2D eigenvalue weighted by Crippen LogP contribution is -2.33. The van der Waals surface area contributed by atoms with Crippen LogP contribution in [0.15, 0.2) is 15.7 Å². The van der Waals surface area contributed by atoms with Crippen LogP contribution in [0.25, 0.3) is 10.2 Å². The summed E-state index contributed by atoms with van der Waals surface area (Å²) in [7, 11) is 0. The second-order valence-electron chi connectivity index (χ2n) is 7.47. The Labute approximate surface area is 185 Å². The molecule has 7 nitrogen and oxygen atoms in total. The van der Waals surface area contributed by atoms with Crippen molar-refractivity contribution < 1.29 is 9.59 Å². The molecule has 160 valence electrons. The molecule has 0 saturated carbocycles. The van der Waals surface area contributed by atoms with Crippen LogP contribution in [0.3, 0.4) is 0 Å². The summed E-state index contributed by atoms with van der Waals surface area (Å²) in [6, 6.07) is 0. The fourth-order valence-corrected chi connectivity index (χ4v) is 4.85. The first-order chi connectivity index (χ1) is 14.3. The van der Waals surface area contributed by atoms with Crippen LogP contribution in [0.1, 0.15) is 68.6 Å². The van der Waals surface area contributed by atoms with Gasteiger partial charge in [-0.25, -0.2) is 9.98 Å². The molecule has 0 saturated heterocycles. The second kappa shape index (κ2) is 9.22. The topological polar surface area (TPSA) is 87.5 Å². The molecule has 3 heterocycles. The molecule has 0 aliphatic carbocycles. The van der Waals surface area contributed by atoms with E-state index in [4.69, 9.17) is 11.6 Å². The van der Waals surface area contributed by atoms with Crippen LogP contribution in [0, 0.1) is 0 Å². The van der Waals surface area contributed by atoms with Gasteiger partial charge in [-0.05, 0) is 37.8 Å². The minimum Gasteiger partial charge on any atom is -0.355 e. The van der Waals surface area contributed by atoms with Crippen molar-refractivity contribution in [2.75, 3.05) is 23.3 Å². The monoisotopic (exact) mass is 447 g/mol. The number of nitrogens with one attached hydrogen (secondary N) is 1. The third-order valence-electron chi connectivity index (χ3n) is 5.19. The largest absolute Gasteiger partial charge is 0.355 e. The van der Waals surface area contributed by atoms with Gasteiger partial charge in [-0.15, -0.1) is 11.3 Å². The van der Waals surface area contributed by atoms with Gasteiger partial charge < -0.3 is 4.90 Å². The Balaban J connectivity index is 2.02. The summed E-state index contributed by atoms with van der Waals surface area (Å²) in [4.78, 5) is 41.2. The predicted octanol–water partition coefficient (Wildman–Crippen LogP) is 5.12. The number of anilines is 2. The Kier molecular flexibility index (Phi) is 6.88. The number of aromatic nitrogens is 2. The molecule has 9 heteroatoms. The van der Waals surface area contributed by atoms with Crippen LogP contribution in [0.4, 0.5) is 11.8 Å². The molecule has 1 atom stereocenters. The van der Waals surface area contributed by atoms with Gasteiger partial charge in [0.15, 0.2) is 6.29 Å². The number of carbonyl (C=O) groups excluding carboxylic acids is 2. The van der Waals surface area contributed by atoms with Gasteiger partial charge in [0.25, 0.3) is 5.91 Å². The van der Waals surface area contributed by atoms with Crippen molar-refractivity contribution in [3.8, 4) is 0 Å². The van der Waals surface area contributed by atoms with Gasteiger partial charge in [0.2, 0.25) is 5.95 Å². The minimum absolute atomic E-state index is 0.199. The highest BCUT2D eigenvalue weighted by Gasteiger charge is 2.31. The quantitative estimate of drug-likeness (QED) is 0.361. The molecule has 0 radical (unpaired) electrons. The van der Waals surface area contributed by atoms with Gasteiger partial charge >= 0.3 is 0 Å². The van der Waals surface area contributed by atoms with E-state index in [1.165, 1.54) is 11.3 Å². The van der Waals surface area contributed by atoms with Crippen molar-refractivity contribution in [3.05, 3.63) is 21.2 Å². The molecule has 1 unspecified atom stereocenters. The van der Waals surface area contributed by atoms with E-state index in [1.807, 2.05) is 13.8 Å². The molecule has 1 amide bonds. The molecule has 2 aromatic heterocycles. The number of carbonyl (C=O) groups is 2. The number of halogens is 1. The Hall–Kier alpha value is -2.32. The molecule has 3 rings (SSSR count). The van der Waals surface area contributed by atoms with Crippen molar-refractivity contribution >= 4 is 62.8 Å². The van der Waals surface area contributed by atoms with Crippen molar-refractivity contribution in [1.82, 2.24) is 9.97 Å². The fraction of sp³-hybridized carbons (Fsp3) is 0.476. The van der Waals surface area contributed by atoms with Gasteiger partial charge in [-0.3, -0.25) is 14.9 Å². The normalized spacial score (nSPS) is 17.2. The van der Waals surface area contributed by atoms with Crippen molar-refractivity contribution in [3.63, 3.8) is 0 Å². The number of hydrogen-bond donors (Lipinski definition) is 1. The summed E-state index contributed by atoms with van der Waals surface area (Å²) in [5.41, 5.74) is 2.14. The molecule has 30 heavy (non-hydrogen) atoms. The molecule has 0 aromatic carbocycles. The number of aliphatic imine (C=N–C) groups is 1. The molecule has 1 aliphatic heterocycles. The first-order valence-corrected chi connectivity index (χ1v) is 11.3. The van der Waals surface area contributed by atoms with Crippen molar-refractivity contribution in [1.29, 1.82) is 0 Å². The standard InChI is InChI=1S/C21H26ClN5O2S/c1-6-8-27-9-12(4)15-14(10-28)30-20-16(15)18(27)24-21(26-20)25-19(29)13(5)23-17(22)11(3)7-2/h10,12H,6-9H2,1-5H3,(H,24,25,26,29)/b17-11+,23-13+. The number of rotatable bonds is 7. The van der Waals surface area contributed by atoms with Crippen LogP contribution >= 0.6 is 22.9 Å². The second-order valence-corrected chi connectivity index (χ2v) is 8.86. The lowest BCUT2D eigenvalue weighted by atomic mass is 9.94. The van der Waals surface area contributed by atoms with E-state index in [0.29, 0.717) is 14.9 Å². The molecule has 1 aliphatic rings. The Bertz CT molecular complexity index is 1060. The van der Waals surface area contributed by atoms with Crippen LogP contribution in [0.2, 0.25) is 0 Å². The number of nitrogens with zero attached hydrogens (tertiary/aromatic N) is 4. The Morgan fingerprint density at radius 1 is 1.37 bits per heavy atom. The molecule has 0 spiro atoms. The zero-order valence-corrected chi connectivity index (χ0v) is 19.4. The number of thiophene rings is 1. The summed E-state index contributed by atoms with van der Waals surface area (Å²) in [6.45, 7) is 11.3. The van der Waals surface area contributed by atoms with Gasteiger partial charge in [-0.2, -0.15) is 4.98 Å². The van der Waals surface area contributed by atoms with E-state index in [2.05, 4.69) is 39.0 Å². The van der Waals surface area contributed by atoms with E-state index < -0.39 is 5.91 Å². The molecule has 2 aromatic rings. The highest BCUT2D eigenvalue weighted by Crippen LogP contribution is 2.43. The van der Waals surface area contributed by atoms with Crippen LogP contribution in [-0.4, -0.2) is 41.0 Å². The average molecular weight is 448 g/mol. The SMILES string of the molecule is CCCN1CC(C)c2c(C=O)sc3nc(NC(=O)/C(C)=N/C(Cl)=C(\C)CC)nc1c23. The van der Waals surface area contributed by atoms with Gasteiger partial charge in [-0.1, -0.05) is 32.4 Å². The first-order valence-electron chi connectivity index (χ1n) is 10.1. The highest BCUT2D eigenvalue weighted by atomic mass is 35.5. The third kappa shape index (κ3) is 4.25. The van der Waals surface area contributed by atoms with E-state index in [1.54, 1.807) is 6.92 Å². The minimum atomic E-state index is -0.415. The lowest BCUT2D eigenvalue weighted by molar-refractivity contribution is -0.110. The predicted molar refractivity (Wildman–Crippen MR) is 124 cm³/mol. The third-order valence-corrected chi connectivity index (χ3v) is 6.62. The summed E-state index contributed by atoms with van der Waals surface area (Å²) < 4.78 is 0. The maximum Gasteiger partial charge on any atom is 0.272 e. The zero-order chi connectivity index (χ0) is 22.0. The average Bonchev–Trinajstić information content (AvgIpc) is 3.10. The van der Waals surface area contributed by atoms with Crippen molar-refractivity contribution in [2.24, 2.45) is 4.99 Å². The number of amides is 1. The van der Waals surface area contributed by atoms with E-state index in [-0.39, 0.29) is 17.6 Å². The summed E-state index contributed by atoms with van der Waals surface area (Å²) in [6.07, 6.45) is 2.61. The maximum atomic E-state index is 12.6. The Morgan fingerprint density at radius 3 is 2.73 bits per heavy atom. The molecule has 0 fully saturated rings. The number of hydrogen-bond acceptors (Lipinski definition) is 7. The number of aldehydes is 1. The fourth-order valence-electron chi connectivity index (χ4n) is 3.49.